The van der Waals surface area contributed by atoms with Crippen molar-refractivity contribution in [1.29, 1.82) is 0 Å². The highest BCUT2D eigenvalue weighted by Crippen LogP contribution is 2.30. The summed E-state index contributed by atoms with van der Waals surface area (Å²) in [5.74, 6) is 0.776. The number of anilines is 2. The van der Waals surface area contributed by atoms with E-state index in [1.807, 2.05) is 24.5 Å². The van der Waals surface area contributed by atoms with Gasteiger partial charge in [0.15, 0.2) is 0 Å². The van der Waals surface area contributed by atoms with Crippen LogP contribution in [0.25, 0.3) is 22.1 Å². The van der Waals surface area contributed by atoms with E-state index in [1.54, 1.807) is 6.33 Å². The molecular formula is C20H13Br2ClN8. The van der Waals surface area contributed by atoms with Crippen molar-refractivity contribution >= 4 is 83.2 Å². The summed E-state index contributed by atoms with van der Waals surface area (Å²) in [4.78, 5) is 26.7. The van der Waals surface area contributed by atoms with Crippen LogP contribution in [0, 0.1) is 0 Å². The van der Waals surface area contributed by atoms with Crippen LogP contribution in [-0.4, -0.2) is 36.1 Å². The molecule has 0 saturated heterocycles. The van der Waals surface area contributed by atoms with E-state index >= 15 is 0 Å². The van der Waals surface area contributed by atoms with Crippen LogP contribution in [-0.2, 0) is 6.54 Å². The van der Waals surface area contributed by atoms with Gasteiger partial charge in [-0.2, -0.15) is 0 Å². The molecule has 8 nitrogen and oxygen atoms in total. The Morgan fingerprint density at radius 2 is 1.84 bits per heavy atom. The average molecular weight is 561 g/mol. The maximum Gasteiger partial charge on any atom is 0.144 e. The summed E-state index contributed by atoms with van der Waals surface area (Å²) < 4.78 is 1.80. The third-order valence-corrected chi connectivity index (χ3v) is 6.02. The topological polar surface area (TPSA) is 108 Å². The molecule has 1 aromatic carbocycles. The molecule has 3 N–H and O–H groups in total. The normalized spacial score (nSPS) is 12.1. The molecule has 4 aromatic heterocycles. The third-order valence-electron chi connectivity index (χ3n) is 4.67. The van der Waals surface area contributed by atoms with Gasteiger partial charge in [0.1, 0.15) is 34.9 Å². The Morgan fingerprint density at radius 1 is 1.00 bits per heavy atom. The van der Waals surface area contributed by atoms with Crippen molar-refractivity contribution in [3.63, 3.8) is 0 Å². The molecule has 0 bridgehead atoms. The number of H-pyrrole nitrogens is 2. The average Bonchev–Trinajstić information content (AvgIpc) is 3.47. The first kappa shape index (κ1) is 20.1. The maximum atomic E-state index is 5.78. The monoisotopic (exact) mass is 558 g/mol. The van der Waals surface area contributed by atoms with Crippen LogP contribution in [0.1, 0.15) is 11.1 Å². The Bertz CT molecular complexity index is 1440. The molecule has 154 valence electrons. The second kappa shape index (κ2) is 8.37. The number of nitrogens with zero attached hydrogens (tertiary/aromatic N) is 5. The number of hydrogen-bond acceptors (Lipinski definition) is 6. The van der Waals surface area contributed by atoms with E-state index in [0.29, 0.717) is 5.15 Å². The summed E-state index contributed by atoms with van der Waals surface area (Å²) in [6.45, 7) is 0.775. The van der Waals surface area contributed by atoms with Gasteiger partial charge in [-0.25, -0.2) is 19.9 Å². The standard InChI is InChI=1S/C14H10BrN5.C6H3BrClN3/c15-11-6-17-13-12(11)14(19-7-18-13)20-10-2-1-8-4-16-5-9(8)3-10;7-4-1-3-5(8)9-2-10-6(3)11-4/h1-3,5-7H,4H2,(H2,17,18,19,20);1-2H,(H,9,10,11). The van der Waals surface area contributed by atoms with Crippen LogP contribution in [0.3, 0.4) is 0 Å². The Morgan fingerprint density at radius 3 is 2.71 bits per heavy atom. The van der Waals surface area contributed by atoms with Crippen LogP contribution < -0.4 is 5.32 Å². The SMILES string of the molecule is Brc1c[nH]c2ncnc(Nc3ccc4c(c3)C=NC4)c12.Clc1ncnc2[nH]c(Br)cc12. The van der Waals surface area contributed by atoms with Gasteiger partial charge in [0.05, 0.1) is 21.9 Å². The molecule has 0 atom stereocenters. The van der Waals surface area contributed by atoms with E-state index in [1.165, 1.54) is 11.9 Å². The lowest BCUT2D eigenvalue weighted by Gasteiger charge is -2.08. The first-order valence-corrected chi connectivity index (χ1v) is 11.1. The molecule has 0 amide bonds. The highest BCUT2D eigenvalue weighted by molar-refractivity contribution is 9.10. The van der Waals surface area contributed by atoms with E-state index in [-0.39, 0.29) is 0 Å². The van der Waals surface area contributed by atoms with Gasteiger partial charge in [-0.3, -0.25) is 4.99 Å². The number of nitrogens with one attached hydrogen (secondary N) is 3. The van der Waals surface area contributed by atoms with Crippen molar-refractivity contribution in [3.05, 3.63) is 68.5 Å². The number of aromatic nitrogens is 6. The molecule has 11 heteroatoms. The maximum absolute atomic E-state index is 5.78. The zero-order valence-corrected chi connectivity index (χ0v) is 19.6. The van der Waals surface area contributed by atoms with Crippen molar-refractivity contribution in [1.82, 2.24) is 29.9 Å². The first-order chi connectivity index (χ1) is 15.1. The Balaban J connectivity index is 0.000000157. The minimum absolute atomic E-state index is 0.469. The van der Waals surface area contributed by atoms with E-state index in [4.69, 9.17) is 11.6 Å². The van der Waals surface area contributed by atoms with Crippen molar-refractivity contribution in [2.45, 2.75) is 6.54 Å². The van der Waals surface area contributed by atoms with Crippen LogP contribution in [0.15, 0.2) is 57.2 Å². The molecule has 31 heavy (non-hydrogen) atoms. The second-order valence-corrected chi connectivity index (χ2v) is 8.70. The smallest absolute Gasteiger partial charge is 0.144 e. The first-order valence-electron chi connectivity index (χ1n) is 9.10. The lowest BCUT2D eigenvalue weighted by atomic mass is 10.1. The molecule has 0 unspecified atom stereocenters. The third kappa shape index (κ3) is 4.06. The molecule has 0 spiro atoms. The summed E-state index contributed by atoms with van der Waals surface area (Å²) in [5, 5.41) is 5.59. The van der Waals surface area contributed by atoms with Gasteiger partial charge in [0, 0.05) is 22.6 Å². The number of aromatic amines is 2. The van der Waals surface area contributed by atoms with Crippen LogP contribution >= 0.6 is 43.5 Å². The number of benzene rings is 1. The van der Waals surface area contributed by atoms with Gasteiger partial charge in [-0.15, -0.1) is 0 Å². The minimum Gasteiger partial charge on any atom is -0.345 e. The molecule has 1 aliphatic rings. The van der Waals surface area contributed by atoms with E-state index in [0.717, 1.165) is 54.8 Å². The Labute approximate surface area is 197 Å². The van der Waals surface area contributed by atoms with E-state index in [2.05, 4.69) is 84.2 Å². The molecule has 5 aromatic rings. The molecule has 0 fully saturated rings. The molecular weight excluding hydrogens is 548 g/mol. The fourth-order valence-electron chi connectivity index (χ4n) is 3.21. The Hall–Kier alpha value is -2.82. The summed E-state index contributed by atoms with van der Waals surface area (Å²) in [6.07, 6.45) is 6.73. The number of halogens is 3. The molecule has 1 aliphatic heterocycles. The Kier molecular flexibility index (Phi) is 5.43. The van der Waals surface area contributed by atoms with Crippen molar-refractivity contribution < 1.29 is 0 Å². The summed E-state index contributed by atoms with van der Waals surface area (Å²) in [5.41, 5.74) is 4.96. The fourth-order valence-corrected chi connectivity index (χ4v) is 4.31. The van der Waals surface area contributed by atoms with Gasteiger partial charge < -0.3 is 15.3 Å². The quantitative estimate of drug-likeness (QED) is 0.238. The molecule has 0 saturated carbocycles. The van der Waals surface area contributed by atoms with Crippen LogP contribution in [0.4, 0.5) is 11.5 Å². The fraction of sp³-hybridized carbons (Fsp3) is 0.0500. The molecule has 6 rings (SSSR count). The van der Waals surface area contributed by atoms with Crippen LogP contribution in [0.2, 0.25) is 5.15 Å². The van der Waals surface area contributed by atoms with Gasteiger partial charge in [0.25, 0.3) is 0 Å². The highest BCUT2D eigenvalue weighted by Gasteiger charge is 2.11. The highest BCUT2D eigenvalue weighted by atomic mass is 79.9. The zero-order chi connectivity index (χ0) is 21.4. The number of fused-ring (bicyclic) bond motifs is 3. The minimum atomic E-state index is 0.469. The van der Waals surface area contributed by atoms with E-state index < -0.39 is 0 Å². The molecule has 0 aliphatic carbocycles. The zero-order valence-electron chi connectivity index (χ0n) is 15.7. The molecule has 5 heterocycles. The van der Waals surface area contributed by atoms with Crippen molar-refractivity contribution in [2.24, 2.45) is 4.99 Å². The van der Waals surface area contributed by atoms with Gasteiger partial charge in [-0.05, 0) is 61.2 Å². The number of hydrogen-bond donors (Lipinski definition) is 3. The predicted octanol–water partition coefficient (Wildman–Crippen LogP) is 5.77. The van der Waals surface area contributed by atoms with E-state index in [9.17, 15) is 0 Å². The van der Waals surface area contributed by atoms with Gasteiger partial charge in [-0.1, -0.05) is 17.7 Å². The predicted molar refractivity (Wildman–Crippen MR) is 129 cm³/mol. The summed E-state index contributed by atoms with van der Waals surface area (Å²) >= 11 is 12.6. The largest absolute Gasteiger partial charge is 0.345 e. The lowest BCUT2D eigenvalue weighted by molar-refractivity contribution is 1.11. The van der Waals surface area contributed by atoms with Crippen LogP contribution in [0.5, 0.6) is 0 Å². The van der Waals surface area contributed by atoms with Crippen molar-refractivity contribution in [2.75, 3.05) is 5.32 Å². The number of rotatable bonds is 2. The van der Waals surface area contributed by atoms with Crippen molar-refractivity contribution in [3.8, 4) is 0 Å². The lowest BCUT2D eigenvalue weighted by Crippen LogP contribution is -1.96. The van der Waals surface area contributed by atoms with Gasteiger partial charge >= 0.3 is 0 Å². The molecule has 0 radical (unpaired) electrons. The van der Waals surface area contributed by atoms with Gasteiger partial charge in [0.2, 0.25) is 0 Å². The second-order valence-electron chi connectivity index (χ2n) is 6.63. The number of aliphatic imine (C=N–C) groups is 1. The summed E-state index contributed by atoms with van der Waals surface area (Å²) in [6, 6.07) is 8.06. The summed E-state index contributed by atoms with van der Waals surface area (Å²) in [7, 11) is 0.